The van der Waals surface area contributed by atoms with Crippen molar-refractivity contribution in [3.8, 4) is 0 Å². The molecule has 0 radical (unpaired) electrons. The van der Waals surface area contributed by atoms with Gasteiger partial charge in [-0.3, -0.25) is 19.4 Å². The number of halogens is 2. The van der Waals surface area contributed by atoms with Crippen molar-refractivity contribution in [3.63, 3.8) is 0 Å². The molecule has 0 bridgehead atoms. The van der Waals surface area contributed by atoms with Crippen molar-refractivity contribution in [2.75, 3.05) is 51.5 Å². The van der Waals surface area contributed by atoms with Crippen molar-refractivity contribution in [2.45, 2.75) is 37.4 Å². The monoisotopic (exact) mass is 745 g/mol. The van der Waals surface area contributed by atoms with E-state index in [1.807, 2.05) is 22.9 Å². The van der Waals surface area contributed by atoms with Gasteiger partial charge < -0.3 is 30.6 Å². The van der Waals surface area contributed by atoms with Gasteiger partial charge in [0.15, 0.2) is 0 Å². The third-order valence-electron chi connectivity index (χ3n) is 4.03. The quantitative estimate of drug-likeness (QED) is 0.0236. The van der Waals surface area contributed by atoms with Gasteiger partial charge in [0.2, 0.25) is 15.6 Å². The molecule has 0 aromatic carbocycles. The topological polar surface area (TPSA) is 161 Å². The summed E-state index contributed by atoms with van der Waals surface area (Å²) in [5, 5.41) is 5.45. The van der Waals surface area contributed by atoms with Gasteiger partial charge in [-0.1, -0.05) is 21.6 Å². The molecule has 11 nitrogen and oxygen atoms in total. The summed E-state index contributed by atoms with van der Waals surface area (Å²) >= 11 is 3.58. The average molecular weight is 745 g/mol. The van der Waals surface area contributed by atoms with Crippen LogP contribution in [0.2, 0.25) is 0 Å². The number of nitrogens with zero attached hydrogens (tertiary/aromatic N) is 1. The summed E-state index contributed by atoms with van der Waals surface area (Å²) < 4.78 is 13.1. The van der Waals surface area contributed by atoms with E-state index in [4.69, 9.17) is 15.2 Å². The van der Waals surface area contributed by atoms with Crippen LogP contribution in [-0.4, -0.2) is 97.8 Å². The number of nitrogens with one attached hydrogen (secondary N) is 3. The van der Waals surface area contributed by atoms with E-state index in [2.05, 4.69) is 19.2 Å². The highest BCUT2D eigenvalue weighted by Crippen LogP contribution is 2.22. The Bertz CT molecular complexity index is 636. The Kier molecular flexibility index (Phi) is 23.3. The first-order valence-electron chi connectivity index (χ1n) is 10.5. The molecular formula is C19H33I2N5O6S2. The van der Waals surface area contributed by atoms with Gasteiger partial charge in [-0.15, -0.1) is 0 Å². The Labute approximate surface area is 236 Å². The molecule has 15 heteroatoms. The SMILES string of the molecule is CN=CCOCCOCC(=O)NCCCCC(NC(=O)[C@@H](N)CSSC[C@@H](C=O)NI)C(=O)I. The van der Waals surface area contributed by atoms with E-state index in [1.54, 1.807) is 35.9 Å². The number of carbonyl (C=O) groups excluding carboxylic acids is 4. The van der Waals surface area contributed by atoms with Crippen LogP contribution >= 0.6 is 67.0 Å². The number of rotatable bonds is 22. The number of hydrogen-bond donors (Lipinski definition) is 4. The Hall–Kier alpha value is -0.0500. The fourth-order valence-corrected chi connectivity index (χ4v) is 5.57. The number of carbonyl (C=O) groups is 4. The van der Waals surface area contributed by atoms with Gasteiger partial charge in [0.25, 0.3) is 0 Å². The summed E-state index contributed by atoms with van der Waals surface area (Å²) in [5.74, 6) is 0.309. The van der Waals surface area contributed by atoms with Crippen LogP contribution in [0, 0.1) is 0 Å². The Morgan fingerprint density at radius 1 is 1.15 bits per heavy atom. The maximum absolute atomic E-state index is 12.3. The summed E-state index contributed by atoms with van der Waals surface area (Å²) in [7, 11) is 4.51. The summed E-state index contributed by atoms with van der Waals surface area (Å²) in [6, 6.07) is -1.65. The summed E-state index contributed by atoms with van der Waals surface area (Å²) in [6.07, 6.45) is 4.21. The van der Waals surface area contributed by atoms with Gasteiger partial charge in [0, 0.05) is 76.8 Å². The summed E-state index contributed by atoms with van der Waals surface area (Å²) in [4.78, 5) is 50.5. The van der Waals surface area contributed by atoms with Crippen molar-refractivity contribution < 1.29 is 28.7 Å². The Balaban J connectivity index is 3.99. The second-order valence-corrected chi connectivity index (χ2v) is 11.0. The highest BCUT2D eigenvalue weighted by molar-refractivity contribution is 14.1. The van der Waals surface area contributed by atoms with E-state index in [0.29, 0.717) is 57.1 Å². The molecular weight excluding hydrogens is 712 g/mol. The standard InChI is InChI=1S/C19H33I2N5O6S2/c1-23-6-7-31-8-9-32-11-17(28)24-5-3-2-4-16(18(20)29)25-19(30)15(22)13-34-33-12-14(10-27)26-21/h6,10,14-16,26H,2-5,7-9,11-13,22H2,1H3,(H,24,28)(H,25,30)/t14-,15+,16?/m1/s1. The van der Waals surface area contributed by atoms with E-state index in [-0.39, 0.29) is 22.3 Å². The maximum Gasteiger partial charge on any atom is 0.245 e. The number of ether oxygens (including phenoxy) is 2. The van der Waals surface area contributed by atoms with Crippen molar-refractivity contribution >= 4 is 95.1 Å². The normalized spacial score (nSPS) is 13.9. The van der Waals surface area contributed by atoms with Crippen LogP contribution < -0.4 is 19.9 Å². The van der Waals surface area contributed by atoms with Crippen molar-refractivity contribution in [2.24, 2.45) is 10.7 Å². The molecule has 196 valence electrons. The first-order chi connectivity index (χ1) is 16.3. The lowest BCUT2D eigenvalue weighted by Gasteiger charge is -2.18. The second-order valence-electron chi connectivity index (χ2n) is 6.81. The molecule has 0 rings (SSSR count). The average Bonchev–Trinajstić information content (AvgIpc) is 2.82. The molecule has 0 aliphatic carbocycles. The van der Waals surface area contributed by atoms with Gasteiger partial charge in [0.05, 0.1) is 37.9 Å². The van der Waals surface area contributed by atoms with Crippen LogP contribution in [0.4, 0.5) is 0 Å². The lowest BCUT2D eigenvalue weighted by molar-refractivity contribution is -0.126. The minimum absolute atomic E-state index is 0.0469. The number of aliphatic imine (C=N–C) groups is 1. The molecule has 0 aliphatic rings. The first-order valence-corrected chi connectivity index (χ1v) is 15.1. The largest absolute Gasteiger partial charge is 0.373 e. The van der Waals surface area contributed by atoms with Crippen molar-refractivity contribution in [1.82, 2.24) is 14.2 Å². The number of hydrogen-bond acceptors (Lipinski definition) is 11. The first kappa shape index (κ1) is 34.0. The predicted molar refractivity (Wildman–Crippen MR) is 154 cm³/mol. The second kappa shape index (κ2) is 23.4. The molecule has 0 saturated heterocycles. The maximum atomic E-state index is 12.3. The van der Waals surface area contributed by atoms with Crippen molar-refractivity contribution in [3.05, 3.63) is 0 Å². The smallest absolute Gasteiger partial charge is 0.245 e. The minimum Gasteiger partial charge on any atom is -0.373 e. The zero-order chi connectivity index (χ0) is 25.6. The number of unbranched alkanes of at least 4 members (excludes halogenated alkanes) is 1. The fourth-order valence-electron chi connectivity index (χ4n) is 2.18. The zero-order valence-corrected chi connectivity index (χ0v) is 25.0. The molecule has 0 heterocycles. The molecule has 0 aliphatic heterocycles. The van der Waals surface area contributed by atoms with Crippen molar-refractivity contribution in [1.29, 1.82) is 0 Å². The van der Waals surface area contributed by atoms with Crippen LogP contribution in [0.3, 0.4) is 0 Å². The Morgan fingerprint density at radius 3 is 2.50 bits per heavy atom. The third-order valence-corrected chi connectivity index (χ3v) is 8.06. The number of amides is 2. The van der Waals surface area contributed by atoms with Crippen LogP contribution in [0.15, 0.2) is 4.99 Å². The van der Waals surface area contributed by atoms with E-state index < -0.39 is 18.0 Å². The fraction of sp³-hybridized carbons (Fsp3) is 0.737. The van der Waals surface area contributed by atoms with Gasteiger partial charge in [-0.25, -0.2) is 3.53 Å². The molecule has 1 unspecified atom stereocenters. The number of nitrogens with two attached hydrogens (primary N) is 1. The summed E-state index contributed by atoms with van der Waals surface area (Å²) in [5.41, 5.74) is 5.92. The number of aldehydes is 1. The third kappa shape index (κ3) is 19.2. The van der Waals surface area contributed by atoms with Gasteiger partial charge >= 0.3 is 0 Å². The van der Waals surface area contributed by atoms with E-state index in [9.17, 15) is 19.2 Å². The molecule has 0 fully saturated rings. The molecule has 0 saturated carbocycles. The van der Waals surface area contributed by atoms with Gasteiger partial charge in [-0.05, 0) is 19.3 Å². The van der Waals surface area contributed by atoms with E-state index >= 15 is 0 Å². The Morgan fingerprint density at radius 2 is 1.85 bits per heavy atom. The van der Waals surface area contributed by atoms with Crippen LogP contribution in [0.5, 0.6) is 0 Å². The summed E-state index contributed by atoms with van der Waals surface area (Å²) in [6.45, 7) is 1.52. The highest BCUT2D eigenvalue weighted by atomic mass is 127. The van der Waals surface area contributed by atoms with E-state index in [0.717, 1.165) is 6.29 Å². The molecule has 0 spiro atoms. The molecule has 5 N–H and O–H groups in total. The molecule has 0 aromatic heterocycles. The molecule has 3 atom stereocenters. The van der Waals surface area contributed by atoms with Crippen LogP contribution in [-0.2, 0) is 28.7 Å². The van der Waals surface area contributed by atoms with Crippen LogP contribution in [0.1, 0.15) is 19.3 Å². The molecule has 34 heavy (non-hydrogen) atoms. The van der Waals surface area contributed by atoms with Gasteiger partial charge in [0.1, 0.15) is 12.9 Å². The molecule has 0 aromatic rings. The van der Waals surface area contributed by atoms with Crippen LogP contribution in [0.25, 0.3) is 0 Å². The predicted octanol–water partition coefficient (Wildman–Crippen LogP) is 0.669. The van der Waals surface area contributed by atoms with Gasteiger partial charge in [-0.2, -0.15) is 0 Å². The lowest BCUT2D eigenvalue weighted by Crippen LogP contribution is -2.48. The molecule has 2 amide bonds. The van der Waals surface area contributed by atoms with E-state index in [1.165, 1.54) is 21.6 Å². The lowest BCUT2D eigenvalue weighted by atomic mass is 10.1. The highest BCUT2D eigenvalue weighted by Gasteiger charge is 2.22. The minimum atomic E-state index is -0.762. The zero-order valence-electron chi connectivity index (χ0n) is 19.0.